The third-order valence-electron chi connectivity index (χ3n) is 3.14. The van der Waals surface area contributed by atoms with Crippen LogP contribution in [0.25, 0.3) is 0 Å². The molecule has 0 saturated carbocycles. The number of nitrogens with two attached hydrogens (primary N) is 1. The highest BCUT2D eigenvalue weighted by molar-refractivity contribution is 5.99. The van der Waals surface area contributed by atoms with E-state index in [9.17, 15) is 9.59 Å². The third-order valence-corrected chi connectivity index (χ3v) is 3.14. The van der Waals surface area contributed by atoms with E-state index in [0.717, 1.165) is 25.8 Å². The van der Waals surface area contributed by atoms with E-state index in [1.165, 1.54) is 0 Å². The average molecular weight is 241 g/mol. The number of imide groups is 1. The Labute approximate surface area is 103 Å². The lowest BCUT2D eigenvalue weighted by Gasteiger charge is -2.26. The summed E-state index contributed by atoms with van der Waals surface area (Å²) >= 11 is 0. The van der Waals surface area contributed by atoms with Gasteiger partial charge in [0.25, 0.3) is 0 Å². The Balaban J connectivity index is 2.18. The molecule has 1 aliphatic rings. The van der Waals surface area contributed by atoms with Crippen LogP contribution in [0.1, 0.15) is 33.1 Å². The molecule has 1 saturated heterocycles. The molecule has 0 aromatic carbocycles. The molecule has 1 fully saturated rings. The smallest absolute Gasteiger partial charge is 0.240 e. The van der Waals surface area contributed by atoms with Crippen molar-refractivity contribution in [1.29, 1.82) is 0 Å². The molecular weight excluding hydrogens is 218 g/mol. The lowest BCUT2D eigenvalue weighted by Crippen LogP contribution is -2.51. The Morgan fingerprint density at radius 2 is 1.82 bits per heavy atom. The van der Waals surface area contributed by atoms with Crippen LogP contribution in [0.3, 0.4) is 0 Å². The molecule has 1 aliphatic heterocycles. The van der Waals surface area contributed by atoms with E-state index in [-0.39, 0.29) is 17.2 Å². The van der Waals surface area contributed by atoms with Gasteiger partial charge in [-0.1, -0.05) is 20.3 Å². The molecule has 2 amide bonds. The summed E-state index contributed by atoms with van der Waals surface area (Å²) in [5, 5.41) is 2.30. The fraction of sp³-hybridized carbons (Fsp3) is 0.833. The second kappa shape index (κ2) is 6.12. The summed E-state index contributed by atoms with van der Waals surface area (Å²) in [6, 6.07) is 0. The molecule has 98 valence electrons. The van der Waals surface area contributed by atoms with Crippen LogP contribution in [0.4, 0.5) is 0 Å². The molecule has 0 radical (unpaired) electrons. The first kappa shape index (κ1) is 14.1. The molecule has 0 unspecified atom stereocenters. The quantitative estimate of drug-likeness (QED) is 0.511. The van der Waals surface area contributed by atoms with E-state index >= 15 is 0 Å². The Bertz CT molecular complexity index is 273. The van der Waals surface area contributed by atoms with Crippen LogP contribution in [0.5, 0.6) is 0 Å². The number of nitrogens with zero attached hydrogens (tertiary/aromatic N) is 1. The van der Waals surface area contributed by atoms with Gasteiger partial charge < -0.3 is 5.73 Å². The highest BCUT2D eigenvalue weighted by Crippen LogP contribution is 2.21. The van der Waals surface area contributed by atoms with Gasteiger partial charge in [0, 0.05) is 0 Å². The predicted molar refractivity (Wildman–Crippen MR) is 66.3 cm³/mol. The van der Waals surface area contributed by atoms with Crippen molar-refractivity contribution in [3.8, 4) is 0 Å². The van der Waals surface area contributed by atoms with Crippen LogP contribution in [-0.2, 0) is 9.59 Å². The minimum Gasteiger partial charge on any atom is -0.330 e. The zero-order chi connectivity index (χ0) is 12.9. The van der Waals surface area contributed by atoms with Crippen LogP contribution in [0.2, 0.25) is 0 Å². The van der Waals surface area contributed by atoms with E-state index in [2.05, 4.69) is 19.2 Å². The molecule has 0 bridgehead atoms. The van der Waals surface area contributed by atoms with Crippen LogP contribution < -0.4 is 11.1 Å². The highest BCUT2D eigenvalue weighted by Gasteiger charge is 2.22. The number of carbonyl (C=O) groups is 2. The van der Waals surface area contributed by atoms with Gasteiger partial charge in [-0.3, -0.25) is 19.8 Å². The van der Waals surface area contributed by atoms with Crippen molar-refractivity contribution < 1.29 is 9.59 Å². The number of rotatable bonds is 6. The molecule has 5 nitrogen and oxygen atoms in total. The second-order valence-electron chi connectivity index (χ2n) is 5.51. The molecule has 0 aliphatic carbocycles. The molecule has 0 spiro atoms. The molecule has 17 heavy (non-hydrogen) atoms. The number of amides is 2. The topological polar surface area (TPSA) is 75.4 Å². The van der Waals surface area contributed by atoms with Gasteiger partial charge in [-0.2, -0.15) is 0 Å². The Kier molecular flexibility index (Phi) is 5.08. The third kappa shape index (κ3) is 5.28. The summed E-state index contributed by atoms with van der Waals surface area (Å²) in [6.45, 7) is 6.49. The summed E-state index contributed by atoms with van der Waals surface area (Å²) in [5.41, 5.74) is 5.85. The van der Waals surface area contributed by atoms with E-state index in [1.807, 2.05) is 4.90 Å². The largest absolute Gasteiger partial charge is 0.330 e. The first-order valence-electron chi connectivity index (χ1n) is 6.18. The summed E-state index contributed by atoms with van der Waals surface area (Å²) in [7, 11) is 0. The van der Waals surface area contributed by atoms with E-state index in [1.54, 1.807) is 0 Å². The minimum absolute atomic E-state index is 0.190. The van der Waals surface area contributed by atoms with Crippen LogP contribution in [0.15, 0.2) is 0 Å². The van der Waals surface area contributed by atoms with Crippen LogP contribution >= 0.6 is 0 Å². The van der Waals surface area contributed by atoms with Gasteiger partial charge in [-0.15, -0.1) is 0 Å². The molecule has 1 heterocycles. The second-order valence-corrected chi connectivity index (χ2v) is 5.51. The molecular formula is C12H23N3O2. The lowest BCUT2D eigenvalue weighted by molar-refractivity contribution is -0.136. The molecule has 3 N–H and O–H groups in total. The van der Waals surface area contributed by atoms with Crippen molar-refractivity contribution in [2.24, 2.45) is 11.1 Å². The van der Waals surface area contributed by atoms with Crippen molar-refractivity contribution in [3.63, 3.8) is 0 Å². The highest BCUT2D eigenvalue weighted by atomic mass is 16.2. The fourth-order valence-corrected chi connectivity index (χ4v) is 1.90. The van der Waals surface area contributed by atoms with Crippen LogP contribution in [-0.4, -0.2) is 42.9 Å². The fourth-order valence-electron chi connectivity index (χ4n) is 1.90. The number of hydrogen-bond acceptors (Lipinski definition) is 4. The molecule has 1 rings (SSSR count). The number of unbranched alkanes of at least 4 members (excludes halogenated alkanes) is 1. The van der Waals surface area contributed by atoms with Gasteiger partial charge in [-0.05, 0) is 31.3 Å². The molecule has 0 aromatic heterocycles. The number of piperazine rings is 1. The van der Waals surface area contributed by atoms with Crippen molar-refractivity contribution in [2.75, 3.05) is 26.2 Å². The summed E-state index contributed by atoms with van der Waals surface area (Å²) in [4.78, 5) is 24.2. The van der Waals surface area contributed by atoms with Gasteiger partial charge in [0.2, 0.25) is 11.8 Å². The van der Waals surface area contributed by atoms with Crippen molar-refractivity contribution in [2.45, 2.75) is 33.1 Å². The maximum Gasteiger partial charge on any atom is 0.240 e. The normalized spacial score (nSPS) is 18.3. The molecule has 0 aromatic rings. The SMILES string of the molecule is CC(C)(CN)CCCCN1CC(=O)NC(=O)C1. The van der Waals surface area contributed by atoms with Gasteiger partial charge >= 0.3 is 0 Å². The standard InChI is InChI=1S/C12H23N3O2/c1-12(2,9-13)5-3-4-6-15-7-10(16)14-11(17)8-15/h3-9,13H2,1-2H3,(H,14,16,17). The lowest BCUT2D eigenvalue weighted by atomic mass is 9.87. The Morgan fingerprint density at radius 3 is 2.35 bits per heavy atom. The van der Waals surface area contributed by atoms with Gasteiger partial charge in [0.15, 0.2) is 0 Å². The van der Waals surface area contributed by atoms with Crippen molar-refractivity contribution in [1.82, 2.24) is 10.2 Å². The summed E-state index contributed by atoms with van der Waals surface area (Å²) < 4.78 is 0. The Hall–Kier alpha value is -0.940. The first-order chi connectivity index (χ1) is 7.93. The maximum absolute atomic E-state index is 11.1. The summed E-state index contributed by atoms with van der Waals surface area (Å²) in [6.07, 6.45) is 3.16. The number of nitrogens with one attached hydrogen (secondary N) is 1. The number of carbonyl (C=O) groups excluding carboxylic acids is 2. The Morgan fingerprint density at radius 1 is 1.24 bits per heavy atom. The maximum atomic E-state index is 11.1. The van der Waals surface area contributed by atoms with E-state index < -0.39 is 0 Å². The number of hydrogen-bond donors (Lipinski definition) is 2. The van der Waals surface area contributed by atoms with Crippen molar-refractivity contribution in [3.05, 3.63) is 0 Å². The zero-order valence-corrected chi connectivity index (χ0v) is 10.8. The summed E-state index contributed by atoms with van der Waals surface area (Å²) in [5.74, 6) is -0.382. The molecule has 0 atom stereocenters. The molecule has 5 heteroatoms. The van der Waals surface area contributed by atoms with E-state index in [0.29, 0.717) is 19.6 Å². The average Bonchev–Trinajstić information content (AvgIpc) is 2.23. The van der Waals surface area contributed by atoms with Crippen molar-refractivity contribution >= 4 is 11.8 Å². The van der Waals surface area contributed by atoms with Crippen LogP contribution in [0, 0.1) is 5.41 Å². The van der Waals surface area contributed by atoms with Gasteiger partial charge in [0.1, 0.15) is 0 Å². The first-order valence-corrected chi connectivity index (χ1v) is 6.18. The predicted octanol–water partition coefficient (Wildman–Crippen LogP) is 0.100. The zero-order valence-electron chi connectivity index (χ0n) is 10.8. The minimum atomic E-state index is -0.191. The van der Waals surface area contributed by atoms with E-state index in [4.69, 9.17) is 5.73 Å². The van der Waals surface area contributed by atoms with Gasteiger partial charge in [-0.25, -0.2) is 0 Å². The van der Waals surface area contributed by atoms with Gasteiger partial charge in [0.05, 0.1) is 13.1 Å². The monoisotopic (exact) mass is 241 g/mol.